The molecule has 112 valence electrons. The van der Waals surface area contributed by atoms with Gasteiger partial charge < -0.3 is 9.90 Å². The molecule has 0 radical (unpaired) electrons. The summed E-state index contributed by atoms with van der Waals surface area (Å²) in [6.45, 7) is 0. The Hall–Kier alpha value is -2.43. The summed E-state index contributed by atoms with van der Waals surface area (Å²) < 4.78 is 0. The maximum atomic E-state index is 12.7. The van der Waals surface area contributed by atoms with Gasteiger partial charge in [-0.3, -0.25) is 9.59 Å². The number of amides is 2. The number of carboxylic acid groups (broad SMARTS) is 1. The van der Waals surface area contributed by atoms with E-state index in [2.05, 4.69) is 12.2 Å². The number of hydrogen-bond acceptors (Lipinski definition) is 4. The van der Waals surface area contributed by atoms with Crippen molar-refractivity contribution >= 4 is 23.5 Å². The quantitative estimate of drug-likeness (QED) is 0.596. The van der Waals surface area contributed by atoms with Crippen molar-refractivity contribution in [1.82, 2.24) is 0 Å². The Balaban J connectivity index is 1.75. The van der Waals surface area contributed by atoms with E-state index in [1.807, 2.05) is 0 Å². The average molecular weight is 296 g/mol. The van der Waals surface area contributed by atoms with Crippen LogP contribution < -0.4 is 10.0 Å². The molecular weight excluding hydrogens is 282 g/mol. The number of imide groups is 1. The average Bonchev–Trinajstić information content (AvgIpc) is 2.82. The van der Waals surface area contributed by atoms with E-state index in [1.54, 1.807) is 6.07 Å². The van der Waals surface area contributed by atoms with Crippen LogP contribution in [0.15, 0.2) is 36.4 Å². The molecule has 0 spiro atoms. The number of carbonyl (C=O) groups is 3. The van der Waals surface area contributed by atoms with Crippen molar-refractivity contribution in [2.45, 2.75) is 12.8 Å². The van der Waals surface area contributed by atoms with Gasteiger partial charge in [0.25, 0.3) is 0 Å². The number of fused-ring (bicyclic) bond motifs is 1. The summed E-state index contributed by atoms with van der Waals surface area (Å²) in [7, 11) is 0. The van der Waals surface area contributed by atoms with Crippen LogP contribution in [0.5, 0.6) is 0 Å². The molecule has 5 nitrogen and oxygen atoms in total. The molecule has 0 unspecified atom stereocenters. The molecule has 1 heterocycles. The zero-order valence-electron chi connectivity index (χ0n) is 11.8. The Morgan fingerprint density at radius 2 is 1.64 bits per heavy atom. The van der Waals surface area contributed by atoms with Crippen LogP contribution >= 0.6 is 0 Å². The lowest BCUT2D eigenvalue weighted by atomic mass is 9.63. The highest BCUT2D eigenvalue weighted by atomic mass is 16.4. The van der Waals surface area contributed by atoms with E-state index >= 15 is 0 Å². The van der Waals surface area contributed by atoms with Crippen LogP contribution in [0.25, 0.3) is 0 Å². The molecule has 1 saturated carbocycles. The first-order valence-electron chi connectivity index (χ1n) is 7.45. The Morgan fingerprint density at radius 3 is 2.14 bits per heavy atom. The maximum absolute atomic E-state index is 12.7. The Labute approximate surface area is 127 Å². The molecule has 5 rings (SSSR count). The van der Waals surface area contributed by atoms with Crippen molar-refractivity contribution in [3.8, 4) is 0 Å². The van der Waals surface area contributed by atoms with Gasteiger partial charge in [-0.2, -0.15) is 0 Å². The number of allylic oxidation sites excluding steroid dienone is 2. The second kappa shape index (κ2) is 4.53. The summed E-state index contributed by atoms with van der Waals surface area (Å²) in [5.74, 6) is -2.05. The van der Waals surface area contributed by atoms with Crippen LogP contribution in [0, 0.1) is 23.7 Å². The number of carbonyl (C=O) groups excluding carboxylic acids is 3. The normalized spacial score (nSPS) is 32.5. The highest BCUT2D eigenvalue weighted by Crippen LogP contribution is 2.50. The van der Waals surface area contributed by atoms with Gasteiger partial charge in [-0.1, -0.05) is 24.3 Å². The number of anilines is 1. The van der Waals surface area contributed by atoms with Crippen LogP contribution in [0.2, 0.25) is 0 Å². The van der Waals surface area contributed by atoms with E-state index < -0.39 is 5.97 Å². The lowest BCUT2D eigenvalue weighted by Gasteiger charge is -2.38. The molecule has 22 heavy (non-hydrogen) atoms. The van der Waals surface area contributed by atoms with Gasteiger partial charge in [0.2, 0.25) is 11.8 Å². The summed E-state index contributed by atoms with van der Waals surface area (Å²) >= 11 is 0. The summed E-state index contributed by atoms with van der Waals surface area (Å²) in [6.07, 6.45) is 5.99. The molecular formula is C17H14NO4-. The molecule has 2 amide bonds. The van der Waals surface area contributed by atoms with Crippen LogP contribution in [-0.2, 0) is 9.59 Å². The fraction of sp³-hybridized carbons (Fsp3) is 0.353. The van der Waals surface area contributed by atoms with Crippen molar-refractivity contribution < 1.29 is 19.5 Å². The molecule has 5 heteroatoms. The first-order chi connectivity index (χ1) is 10.6. The molecule has 0 aromatic heterocycles. The van der Waals surface area contributed by atoms with Crippen molar-refractivity contribution in [2.24, 2.45) is 23.7 Å². The van der Waals surface area contributed by atoms with E-state index in [4.69, 9.17) is 0 Å². The Bertz CT molecular complexity index is 691. The smallest absolute Gasteiger partial charge is 0.238 e. The van der Waals surface area contributed by atoms with Crippen LogP contribution in [0.4, 0.5) is 5.69 Å². The summed E-state index contributed by atoms with van der Waals surface area (Å²) in [5, 5.41) is 11.0. The molecule has 1 aliphatic heterocycles. The first kappa shape index (κ1) is 13.2. The fourth-order valence-corrected chi connectivity index (χ4v) is 4.10. The molecule has 4 aliphatic rings. The number of aromatic carboxylic acids is 1. The van der Waals surface area contributed by atoms with Gasteiger partial charge in [0.05, 0.1) is 23.5 Å². The largest absolute Gasteiger partial charge is 0.545 e. The van der Waals surface area contributed by atoms with Gasteiger partial charge in [0.1, 0.15) is 0 Å². The fourth-order valence-electron chi connectivity index (χ4n) is 4.10. The van der Waals surface area contributed by atoms with E-state index in [-0.39, 0.29) is 41.0 Å². The second-order valence-electron chi connectivity index (χ2n) is 6.19. The minimum atomic E-state index is -1.32. The molecule has 1 aromatic carbocycles. The number of carboxylic acids is 1. The van der Waals surface area contributed by atoms with Gasteiger partial charge in [-0.25, -0.2) is 4.90 Å². The second-order valence-corrected chi connectivity index (χ2v) is 6.19. The van der Waals surface area contributed by atoms with Gasteiger partial charge >= 0.3 is 0 Å². The molecule has 1 saturated heterocycles. The molecule has 4 atom stereocenters. The highest BCUT2D eigenvalue weighted by molar-refractivity contribution is 6.22. The monoisotopic (exact) mass is 296 g/mol. The summed E-state index contributed by atoms with van der Waals surface area (Å²) in [6, 6.07) is 5.84. The zero-order chi connectivity index (χ0) is 15.4. The summed E-state index contributed by atoms with van der Waals surface area (Å²) in [5.41, 5.74) is 0.291. The predicted octanol–water partition coefficient (Wildman–Crippen LogP) is 0.752. The van der Waals surface area contributed by atoms with Gasteiger partial charge in [0.15, 0.2) is 0 Å². The van der Waals surface area contributed by atoms with Crippen molar-refractivity contribution in [2.75, 3.05) is 4.90 Å². The van der Waals surface area contributed by atoms with Crippen molar-refractivity contribution in [3.05, 3.63) is 42.0 Å². The lowest BCUT2D eigenvalue weighted by Crippen LogP contribution is -2.38. The highest BCUT2D eigenvalue weighted by Gasteiger charge is 2.56. The summed E-state index contributed by atoms with van der Waals surface area (Å²) in [4.78, 5) is 37.6. The molecule has 2 fully saturated rings. The molecule has 0 N–H and O–H groups in total. The van der Waals surface area contributed by atoms with Crippen molar-refractivity contribution in [1.29, 1.82) is 0 Å². The van der Waals surface area contributed by atoms with Gasteiger partial charge in [-0.15, -0.1) is 0 Å². The van der Waals surface area contributed by atoms with Gasteiger partial charge in [0, 0.05) is 0 Å². The van der Waals surface area contributed by atoms with E-state index in [0.717, 1.165) is 12.8 Å². The minimum Gasteiger partial charge on any atom is -0.545 e. The number of nitrogens with zero attached hydrogens (tertiary/aromatic N) is 1. The molecule has 2 bridgehead atoms. The number of benzene rings is 1. The standard InChI is InChI=1S/C17H15NO4/c19-15-13-9-4-5-10(7-6-9)14(13)16(20)18(15)12-3-1-2-11(8-12)17(21)22/h1-5,8-10,13-14H,6-7H2,(H,21,22)/p-1/t9-,10+,13-,14+. The third-order valence-corrected chi connectivity index (χ3v) is 5.10. The van der Waals surface area contributed by atoms with Crippen LogP contribution in [-0.4, -0.2) is 17.8 Å². The van der Waals surface area contributed by atoms with E-state index in [9.17, 15) is 19.5 Å². The lowest BCUT2D eigenvalue weighted by molar-refractivity contribution is -0.255. The topological polar surface area (TPSA) is 77.5 Å². The Morgan fingerprint density at radius 1 is 1.05 bits per heavy atom. The third kappa shape index (κ3) is 1.68. The number of rotatable bonds is 2. The molecule has 3 aliphatic carbocycles. The SMILES string of the molecule is O=C([O-])c1cccc(N2C(=O)[C@@H]3[C@H](C2=O)[C@@H]2C=C[C@H]3CC2)c1. The number of hydrogen-bond donors (Lipinski definition) is 0. The zero-order valence-corrected chi connectivity index (χ0v) is 11.8. The third-order valence-electron chi connectivity index (χ3n) is 5.10. The van der Waals surface area contributed by atoms with E-state index in [0.29, 0.717) is 5.69 Å². The van der Waals surface area contributed by atoms with Crippen LogP contribution in [0.3, 0.4) is 0 Å². The maximum Gasteiger partial charge on any atom is 0.238 e. The Kier molecular flexibility index (Phi) is 2.73. The minimum absolute atomic E-state index is 0.0333. The predicted molar refractivity (Wildman–Crippen MR) is 75.6 cm³/mol. The van der Waals surface area contributed by atoms with E-state index in [1.165, 1.54) is 23.1 Å². The first-order valence-corrected chi connectivity index (χ1v) is 7.45. The van der Waals surface area contributed by atoms with Crippen LogP contribution in [0.1, 0.15) is 23.2 Å². The van der Waals surface area contributed by atoms with Gasteiger partial charge in [-0.05, 0) is 42.4 Å². The molecule has 1 aromatic rings. The van der Waals surface area contributed by atoms with Crippen molar-refractivity contribution in [3.63, 3.8) is 0 Å².